The second-order valence-electron chi connectivity index (χ2n) is 9.95. The summed E-state index contributed by atoms with van der Waals surface area (Å²) >= 11 is 0. The molecule has 0 saturated heterocycles. The molecular formula is C24H55N2O5Si2. The van der Waals surface area contributed by atoms with E-state index in [-0.39, 0.29) is 30.5 Å². The average Bonchev–Trinajstić information content (AvgIpc) is 2.63. The van der Waals surface area contributed by atoms with Crippen molar-refractivity contribution in [2.45, 2.75) is 131 Å². The predicted molar refractivity (Wildman–Crippen MR) is 142 cm³/mol. The molecule has 0 aliphatic rings. The van der Waals surface area contributed by atoms with Crippen LogP contribution < -0.4 is 10.6 Å². The van der Waals surface area contributed by atoms with Gasteiger partial charge < -0.3 is 32.8 Å². The first-order valence-corrected chi connectivity index (χ1v) is 16.5. The van der Waals surface area contributed by atoms with Crippen molar-refractivity contribution in [3.63, 3.8) is 0 Å². The van der Waals surface area contributed by atoms with E-state index in [1.54, 1.807) is 0 Å². The van der Waals surface area contributed by atoms with Gasteiger partial charge in [-0.15, -0.1) is 0 Å². The average molecular weight is 508 g/mol. The van der Waals surface area contributed by atoms with Crippen LogP contribution in [0, 0.1) is 0 Å². The lowest BCUT2D eigenvalue weighted by molar-refractivity contribution is 0.00291. The monoisotopic (exact) mass is 507 g/mol. The molecule has 33 heavy (non-hydrogen) atoms. The molecule has 0 spiro atoms. The van der Waals surface area contributed by atoms with Crippen molar-refractivity contribution in [2.75, 3.05) is 26.2 Å². The molecule has 0 rings (SSSR count). The molecule has 0 aromatic heterocycles. The largest absolute Gasteiger partial charge is 0.501 e. The van der Waals surface area contributed by atoms with Gasteiger partial charge in [0, 0.05) is 36.6 Å². The minimum Gasteiger partial charge on any atom is -0.391 e. The maximum absolute atomic E-state index is 6.24. The summed E-state index contributed by atoms with van der Waals surface area (Å²) in [5.74, 6) is 0. The van der Waals surface area contributed by atoms with Crippen LogP contribution in [-0.2, 0) is 22.1 Å². The van der Waals surface area contributed by atoms with E-state index in [0.717, 1.165) is 57.5 Å². The highest BCUT2D eigenvalue weighted by Crippen LogP contribution is 2.23. The molecule has 0 amide bonds. The molecule has 0 aliphatic heterocycles. The second-order valence-corrected chi connectivity index (χ2v) is 14.2. The minimum atomic E-state index is -2.68. The highest BCUT2D eigenvalue weighted by Gasteiger charge is 2.43. The highest BCUT2D eigenvalue weighted by molar-refractivity contribution is 6.60. The summed E-state index contributed by atoms with van der Waals surface area (Å²) in [7, 11) is -3.84. The summed E-state index contributed by atoms with van der Waals surface area (Å²) in [6, 6.07) is 1.86. The molecule has 1 radical (unpaired) electrons. The number of rotatable bonds is 22. The summed E-state index contributed by atoms with van der Waals surface area (Å²) in [5, 5.41) is 7.09. The van der Waals surface area contributed by atoms with Crippen LogP contribution in [0.15, 0.2) is 0 Å². The summed E-state index contributed by atoms with van der Waals surface area (Å²) < 4.78 is 30.6. The number of hydrogen-bond donors (Lipinski definition) is 2. The van der Waals surface area contributed by atoms with Gasteiger partial charge in [0.15, 0.2) is 0 Å². The lowest BCUT2D eigenvalue weighted by atomic mass is 10.4. The molecule has 0 unspecified atom stereocenters. The van der Waals surface area contributed by atoms with Gasteiger partial charge in [-0.2, -0.15) is 0 Å². The summed E-state index contributed by atoms with van der Waals surface area (Å²) in [6.45, 7) is 24.6. The van der Waals surface area contributed by atoms with Crippen molar-refractivity contribution in [1.82, 2.24) is 10.6 Å². The van der Waals surface area contributed by atoms with Crippen molar-refractivity contribution in [2.24, 2.45) is 0 Å². The van der Waals surface area contributed by atoms with Crippen LogP contribution in [0.5, 0.6) is 0 Å². The van der Waals surface area contributed by atoms with E-state index in [4.69, 9.17) is 22.1 Å². The van der Waals surface area contributed by atoms with Crippen LogP contribution in [-0.4, -0.2) is 74.8 Å². The summed E-state index contributed by atoms with van der Waals surface area (Å²) in [4.78, 5) is 0. The molecule has 7 nitrogen and oxygen atoms in total. The molecule has 0 aromatic rings. The Morgan fingerprint density at radius 1 is 0.545 bits per heavy atom. The predicted octanol–water partition coefficient (Wildman–Crippen LogP) is 4.89. The van der Waals surface area contributed by atoms with Gasteiger partial charge in [0.25, 0.3) is 0 Å². The first-order valence-electron chi connectivity index (χ1n) is 13.1. The van der Waals surface area contributed by atoms with Crippen LogP contribution in [0.3, 0.4) is 0 Å². The zero-order valence-corrected chi connectivity index (χ0v) is 25.3. The molecule has 0 heterocycles. The van der Waals surface area contributed by atoms with Gasteiger partial charge in [0.05, 0.1) is 0 Å². The van der Waals surface area contributed by atoms with Gasteiger partial charge in [-0.25, -0.2) is 0 Å². The van der Waals surface area contributed by atoms with Gasteiger partial charge in [-0.3, -0.25) is 0 Å². The third kappa shape index (κ3) is 20.1. The third-order valence-electron chi connectivity index (χ3n) is 4.26. The lowest BCUT2D eigenvalue weighted by Crippen LogP contribution is -2.50. The Balaban J connectivity index is 4.04. The molecule has 199 valence electrons. The van der Waals surface area contributed by atoms with E-state index < -0.39 is 18.1 Å². The smallest absolute Gasteiger partial charge is 0.391 e. The zero-order chi connectivity index (χ0) is 25.3. The Bertz CT molecular complexity index is 418. The molecule has 0 bridgehead atoms. The Kier molecular flexibility index (Phi) is 19.4. The fourth-order valence-electron chi connectivity index (χ4n) is 3.38. The fraction of sp³-hybridized carbons (Fsp3) is 1.00. The standard InChI is InChI=1S/C24H55N2O5Si2/c1-20(2)27-32(28-21(3)4)18-12-16-25-14-11-15-26-17-13-19-33(29-22(5)6,30-23(7)8)31-24(9)10/h20-26H,11-19H2,1-10H3. The zero-order valence-electron chi connectivity index (χ0n) is 23.3. The highest BCUT2D eigenvalue weighted by atomic mass is 28.4. The number of nitrogens with one attached hydrogen (secondary N) is 2. The van der Waals surface area contributed by atoms with Gasteiger partial charge in [0.1, 0.15) is 0 Å². The maximum Gasteiger partial charge on any atom is 0.501 e. The van der Waals surface area contributed by atoms with Crippen molar-refractivity contribution in [1.29, 1.82) is 0 Å². The first kappa shape index (κ1) is 33.2. The van der Waals surface area contributed by atoms with Crippen LogP contribution in [0.4, 0.5) is 0 Å². The third-order valence-corrected chi connectivity index (χ3v) is 9.95. The van der Waals surface area contributed by atoms with E-state index in [1.165, 1.54) is 0 Å². The quantitative estimate of drug-likeness (QED) is 0.160. The van der Waals surface area contributed by atoms with Gasteiger partial charge in [-0.05, 0) is 121 Å². The Labute approximate surface area is 208 Å². The Morgan fingerprint density at radius 2 is 0.939 bits per heavy atom. The molecule has 0 saturated carbocycles. The SMILES string of the molecule is CC(C)O[Si](CCCNCCCNCCC[Si](OC(C)C)(OC(C)C)OC(C)C)OC(C)C. The Morgan fingerprint density at radius 3 is 1.33 bits per heavy atom. The fourth-order valence-corrected chi connectivity index (χ4v) is 8.48. The van der Waals surface area contributed by atoms with Crippen LogP contribution in [0.2, 0.25) is 12.1 Å². The topological polar surface area (TPSA) is 70.2 Å². The van der Waals surface area contributed by atoms with Crippen molar-refractivity contribution >= 4 is 18.1 Å². The van der Waals surface area contributed by atoms with Crippen molar-refractivity contribution in [3.05, 3.63) is 0 Å². The molecule has 0 aliphatic carbocycles. The summed E-state index contributed by atoms with van der Waals surface area (Å²) in [5.41, 5.74) is 0. The normalized spacial score (nSPS) is 13.1. The molecule has 0 fully saturated rings. The van der Waals surface area contributed by atoms with E-state index in [1.807, 2.05) is 0 Å². The van der Waals surface area contributed by atoms with Crippen LogP contribution in [0.1, 0.15) is 88.5 Å². The van der Waals surface area contributed by atoms with Crippen LogP contribution >= 0.6 is 0 Å². The molecule has 9 heteroatoms. The minimum absolute atomic E-state index is 0.0966. The van der Waals surface area contributed by atoms with E-state index in [0.29, 0.717) is 0 Å². The first-order chi connectivity index (χ1) is 15.5. The Hall–Kier alpha value is 0.154. The molecule has 2 N–H and O–H groups in total. The van der Waals surface area contributed by atoms with Gasteiger partial charge in [-0.1, -0.05) is 0 Å². The lowest BCUT2D eigenvalue weighted by Gasteiger charge is -2.34. The van der Waals surface area contributed by atoms with Gasteiger partial charge >= 0.3 is 18.1 Å². The van der Waals surface area contributed by atoms with E-state index in [9.17, 15) is 0 Å². The van der Waals surface area contributed by atoms with E-state index >= 15 is 0 Å². The van der Waals surface area contributed by atoms with Crippen LogP contribution in [0.25, 0.3) is 0 Å². The van der Waals surface area contributed by atoms with Gasteiger partial charge in [0.2, 0.25) is 0 Å². The molecular weight excluding hydrogens is 452 g/mol. The molecule has 0 atom stereocenters. The number of hydrogen-bond acceptors (Lipinski definition) is 7. The van der Waals surface area contributed by atoms with Crippen molar-refractivity contribution in [3.8, 4) is 0 Å². The molecule has 0 aromatic carbocycles. The maximum atomic E-state index is 6.24. The second kappa shape index (κ2) is 19.4. The van der Waals surface area contributed by atoms with E-state index in [2.05, 4.69) is 79.9 Å². The summed E-state index contributed by atoms with van der Waals surface area (Å²) in [6.07, 6.45) is 3.94. The van der Waals surface area contributed by atoms with Crippen molar-refractivity contribution < 1.29 is 22.1 Å².